The number of hydrogen-bond donors (Lipinski definition) is 0. The lowest BCUT2D eigenvalue weighted by molar-refractivity contribution is 0.177. The maximum Gasteiger partial charge on any atom is -0.0238 e. The smallest absolute Gasteiger partial charge is 0.0238 e. The van der Waals surface area contributed by atoms with Gasteiger partial charge in [-0.1, -0.05) is 34.1 Å². The second kappa shape index (κ2) is 2.56. The van der Waals surface area contributed by atoms with E-state index in [1.807, 2.05) is 0 Å². The van der Waals surface area contributed by atoms with Gasteiger partial charge in [0.1, 0.15) is 0 Å². The minimum Gasteiger partial charge on any atom is -0.0615 e. The molecule has 10 heavy (non-hydrogen) atoms. The molecule has 0 nitrogen and oxygen atoms in total. The normalized spacial score (nSPS) is 34.2. The average Bonchev–Trinajstić information content (AvgIpc) is 1.83. The van der Waals surface area contributed by atoms with Crippen LogP contribution in [0.2, 0.25) is 0 Å². The average molecular weight is 139 g/mol. The van der Waals surface area contributed by atoms with E-state index in [-0.39, 0.29) is 0 Å². The lowest BCUT2D eigenvalue weighted by atomic mass is 9.65. The summed E-state index contributed by atoms with van der Waals surface area (Å²) in [6.45, 7) is 9.46. The third kappa shape index (κ3) is 1.36. The summed E-state index contributed by atoms with van der Waals surface area (Å²) in [4.78, 5) is 0. The highest BCUT2D eigenvalue weighted by atomic mass is 14.4. The summed E-state index contributed by atoms with van der Waals surface area (Å²) in [7, 11) is 0. The minimum absolute atomic E-state index is 0.572. The molecule has 0 aromatic rings. The molecule has 0 heteroatoms. The van der Waals surface area contributed by atoms with Crippen LogP contribution in [0.15, 0.2) is 0 Å². The molecule has 0 aromatic heterocycles. The van der Waals surface area contributed by atoms with Crippen LogP contribution >= 0.6 is 0 Å². The molecule has 0 amide bonds. The van der Waals surface area contributed by atoms with E-state index in [2.05, 4.69) is 27.7 Å². The molecule has 0 saturated heterocycles. The van der Waals surface area contributed by atoms with E-state index < -0.39 is 0 Å². The summed E-state index contributed by atoms with van der Waals surface area (Å²) in [5.41, 5.74) is 0.572. The molecule has 0 spiro atoms. The van der Waals surface area contributed by atoms with Crippen LogP contribution in [0.25, 0.3) is 0 Å². The van der Waals surface area contributed by atoms with E-state index in [0.29, 0.717) is 5.41 Å². The van der Waals surface area contributed by atoms with Gasteiger partial charge in [0, 0.05) is 0 Å². The Hall–Kier alpha value is 0. The number of rotatable bonds is 0. The van der Waals surface area contributed by atoms with Crippen LogP contribution in [0.5, 0.6) is 0 Å². The summed E-state index contributed by atoms with van der Waals surface area (Å²) < 4.78 is 0. The Balaban J connectivity index is 2.60. The van der Waals surface area contributed by atoms with Crippen molar-refractivity contribution in [1.29, 1.82) is 0 Å². The van der Waals surface area contributed by atoms with Gasteiger partial charge < -0.3 is 0 Å². The SMILES string of the molecule is C[C]1CCCC(C)(C)C1C. The molecular formula is C10H19. The van der Waals surface area contributed by atoms with Gasteiger partial charge in [-0.25, -0.2) is 0 Å². The lowest BCUT2D eigenvalue weighted by Crippen LogP contribution is -2.30. The largest absolute Gasteiger partial charge is 0.0615 e. The predicted molar refractivity (Wildman–Crippen MR) is 45.7 cm³/mol. The van der Waals surface area contributed by atoms with Crippen molar-refractivity contribution in [3.63, 3.8) is 0 Å². The molecule has 0 bridgehead atoms. The van der Waals surface area contributed by atoms with Gasteiger partial charge in [-0.3, -0.25) is 0 Å². The van der Waals surface area contributed by atoms with Gasteiger partial charge in [-0.15, -0.1) is 0 Å². The van der Waals surface area contributed by atoms with Gasteiger partial charge in [0.25, 0.3) is 0 Å². The Morgan fingerprint density at radius 1 is 1.40 bits per heavy atom. The van der Waals surface area contributed by atoms with Crippen molar-refractivity contribution >= 4 is 0 Å². The molecule has 1 saturated carbocycles. The van der Waals surface area contributed by atoms with Gasteiger partial charge in [-0.05, 0) is 30.1 Å². The molecular weight excluding hydrogens is 120 g/mol. The minimum atomic E-state index is 0.572. The Kier molecular flexibility index (Phi) is 2.07. The van der Waals surface area contributed by atoms with E-state index in [9.17, 15) is 0 Å². The first-order valence-electron chi connectivity index (χ1n) is 4.36. The van der Waals surface area contributed by atoms with Crippen LogP contribution in [0.3, 0.4) is 0 Å². The molecule has 1 aliphatic rings. The Morgan fingerprint density at radius 3 is 2.40 bits per heavy atom. The third-order valence-corrected chi connectivity index (χ3v) is 3.30. The fraction of sp³-hybridized carbons (Fsp3) is 0.900. The van der Waals surface area contributed by atoms with Gasteiger partial charge in [0.2, 0.25) is 0 Å². The molecule has 1 atom stereocenters. The second-order valence-electron chi connectivity index (χ2n) is 4.41. The first kappa shape index (κ1) is 8.10. The van der Waals surface area contributed by atoms with Crippen molar-refractivity contribution in [2.75, 3.05) is 0 Å². The fourth-order valence-corrected chi connectivity index (χ4v) is 1.92. The summed E-state index contributed by atoms with van der Waals surface area (Å²) in [5, 5.41) is 0. The Bertz CT molecular complexity index is 113. The lowest BCUT2D eigenvalue weighted by Gasteiger charge is -2.40. The standard InChI is InChI=1S/C10H19/c1-8-6-5-7-10(3,4)9(8)2/h9H,5-7H2,1-4H3. The first-order valence-corrected chi connectivity index (χ1v) is 4.36. The molecule has 1 unspecified atom stereocenters. The maximum absolute atomic E-state index is 2.39. The van der Waals surface area contributed by atoms with E-state index in [1.54, 1.807) is 5.92 Å². The van der Waals surface area contributed by atoms with Crippen molar-refractivity contribution in [3.05, 3.63) is 5.92 Å². The maximum atomic E-state index is 2.39. The summed E-state index contributed by atoms with van der Waals surface area (Å²) >= 11 is 0. The highest BCUT2D eigenvalue weighted by Crippen LogP contribution is 2.44. The molecule has 1 fully saturated rings. The van der Waals surface area contributed by atoms with E-state index in [0.717, 1.165) is 5.92 Å². The molecule has 59 valence electrons. The number of hydrogen-bond acceptors (Lipinski definition) is 0. The van der Waals surface area contributed by atoms with E-state index in [4.69, 9.17) is 0 Å². The zero-order valence-corrected chi connectivity index (χ0v) is 7.70. The highest BCUT2D eigenvalue weighted by molar-refractivity contribution is 5.00. The fourth-order valence-electron chi connectivity index (χ4n) is 1.92. The topological polar surface area (TPSA) is 0 Å². The quantitative estimate of drug-likeness (QED) is 0.482. The Morgan fingerprint density at radius 2 is 2.00 bits per heavy atom. The monoisotopic (exact) mass is 139 g/mol. The second-order valence-corrected chi connectivity index (χ2v) is 4.41. The van der Waals surface area contributed by atoms with Crippen molar-refractivity contribution in [3.8, 4) is 0 Å². The van der Waals surface area contributed by atoms with Gasteiger partial charge in [0.15, 0.2) is 0 Å². The van der Waals surface area contributed by atoms with Gasteiger partial charge in [0.05, 0.1) is 0 Å². The van der Waals surface area contributed by atoms with Gasteiger partial charge in [-0.2, -0.15) is 0 Å². The Labute approximate surface area is 65.0 Å². The molecule has 1 radical (unpaired) electrons. The zero-order valence-electron chi connectivity index (χ0n) is 7.70. The van der Waals surface area contributed by atoms with Gasteiger partial charge >= 0.3 is 0 Å². The zero-order chi connectivity index (χ0) is 7.78. The predicted octanol–water partition coefficient (Wildman–Crippen LogP) is 3.43. The molecule has 1 aliphatic carbocycles. The molecule has 0 heterocycles. The van der Waals surface area contributed by atoms with Crippen LogP contribution in [0.1, 0.15) is 47.0 Å². The third-order valence-electron chi connectivity index (χ3n) is 3.30. The van der Waals surface area contributed by atoms with Crippen LogP contribution in [-0.4, -0.2) is 0 Å². The molecule has 0 aliphatic heterocycles. The van der Waals surface area contributed by atoms with Crippen molar-refractivity contribution < 1.29 is 0 Å². The summed E-state index contributed by atoms with van der Waals surface area (Å²) in [5.74, 6) is 2.54. The van der Waals surface area contributed by atoms with Crippen molar-refractivity contribution in [1.82, 2.24) is 0 Å². The highest BCUT2D eigenvalue weighted by Gasteiger charge is 2.33. The van der Waals surface area contributed by atoms with Crippen LogP contribution in [0, 0.1) is 17.3 Å². The van der Waals surface area contributed by atoms with Crippen LogP contribution < -0.4 is 0 Å². The molecule has 1 rings (SSSR count). The van der Waals surface area contributed by atoms with Crippen LogP contribution in [0.4, 0.5) is 0 Å². The summed E-state index contributed by atoms with van der Waals surface area (Å²) in [6.07, 6.45) is 4.18. The van der Waals surface area contributed by atoms with Crippen molar-refractivity contribution in [2.24, 2.45) is 11.3 Å². The van der Waals surface area contributed by atoms with E-state index >= 15 is 0 Å². The first-order chi connectivity index (χ1) is 4.54. The summed E-state index contributed by atoms with van der Waals surface area (Å²) in [6, 6.07) is 0. The van der Waals surface area contributed by atoms with Crippen LogP contribution in [-0.2, 0) is 0 Å². The van der Waals surface area contributed by atoms with E-state index in [1.165, 1.54) is 19.3 Å². The molecule has 0 N–H and O–H groups in total. The van der Waals surface area contributed by atoms with Crippen molar-refractivity contribution in [2.45, 2.75) is 47.0 Å². The molecule has 0 aromatic carbocycles.